The molecular formula is C12H11ClN2OS. The molecule has 3 rings (SSSR count). The zero-order valence-corrected chi connectivity index (χ0v) is 10.6. The van der Waals surface area contributed by atoms with Crippen molar-refractivity contribution in [3.05, 3.63) is 34.5 Å². The van der Waals surface area contributed by atoms with E-state index >= 15 is 0 Å². The minimum absolute atomic E-state index is 0.528. The number of nitrogen functional groups attached to an aromatic ring is 1. The highest BCUT2D eigenvalue weighted by Crippen LogP contribution is 2.39. The summed E-state index contributed by atoms with van der Waals surface area (Å²) in [5.41, 5.74) is 9.09. The number of hydrogen-bond acceptors (Lipinski definition) is 4. The van der Waals surface area contributed by atoms with Crippen molar-refractivity contribution in [2.24, 2.45) is 0 Å². The molecule has 17 heavy (non-hydrogen) atoms. The third kappa shape index (κ3) is 1.68. The summed E-state index contributed by atoms with van der Waals surface area (Å²) < 4.78 is 0. The molecular weight excluding hydrogens is 256 g/mol. The van der Waals surface area contributed by atoms with Crippen LogP contribution >= 0.6 is 23.4 Å². The molecule has 0 spiro atoms. The first-order valence-electron chi connectivity index (χ1n) is 5.30. The van der Waals surface area contributed by atoms with E-state index in [0.29, 0.717) is 16.5 Å². The number of halogens is 1. The average Bonchev–Trinajstić information content (AvgIpc) is 2.31. The summed E-state index contributed by atoms with van der Waals surface area (Å²) in [6.07, 6.45) is -0.528. The Balaban J connectivity index is 2.39. The van der Waals surface area contributed by atoms with Crippen LogP contribution in [0.25, 0.3) is 10.9 Å². The summed E-state index contributed by atoms with van der Waals surface area (Å²) in [7, 11) is 0. The van der Waals surface area contributed by atoms with Gasteiger partial charge >= 0.3 is 0 Å². The highest BCUT2D eigenvalue weighted by atomic mass is 35.5. The van der Waals surface area contributed by atoms with Gasteiger partial charge in [0, 0.05) is 28.1 Å². The molecule has 0 fully saturated rings. The third-order valence-corrected chi connectivity index (χ3v) is 4.31. The van der Waals surface area contributed by atoms with Crippen molar-refractivity contribution in [1.82, 2.24) is 4.98 Å². The van der Waals surface area contributed by atoms with E-state index in [0.717, 1.165) is 27.9 Å². The molecule has 0 aliphatic carbocycles. The van der Waals surface area contributed by atoms with Crippen LogP contribution in [0.2, 0.25) is 5.02 Å². The highest BCUT2D eigenvalue weighted by molar-refractivity contribution is 7.98. The maximum atomic E-state index is 10.00. The molecule has 1 unspecified atom stereocenters. The van der Waals surface area contributed by atoms with E-state index < -0.39 is 6.10 Å². The Labute approximate surface area is 108 Å². The van der Waals surface area contributed by atoms with Crippen LogP contribution < -0.4 is 5.73 Å². The lowest BCUT2D eigenvalue weighted by molar-refractivity contribution is 0.202. The first-order valence-corrected chi connectivity index (χ1v) is 6.84. The van der Waals surface area contributed by atoms with Gasteiger partial charge in [-0.25, -0.2) is 4.98 Å². The van der Waals surface area contributed by atoms with Crippen molar-refractivity contribution < 1.29 is 5.11 Å². The fourth-order valence-corrected chi connectivity index (χ4v) is 3.31. The number of pyridine rings is 1. The van der Waals surface area contributed by atoms with Gasteiger partial charge in [-0.15, -0.1) is 0 Å². The molecule has 1 aliphatic rings. The molecule has 5 heteroatoms. The second kappa shape index (κ2) is 4.05. The van der Waals surface area contributed by atoms with Crippen LogP contribution in [-0.4, -0.2) is 15.8 Å². The standard InChI is InChI=1S/C12H11ClN2OS/c13-7-3-1-2-6-11(14)10-8(15-12(6)7)4-17-5-9(10)16/h1-3,9,16H,4-5H2,(H2,14,15). The molecule has 0 saturated heterocycles. The van der Waals surface area contributed by atoms with Gasteiger partial charge < -0.3 is 10.8 Å². The van der Waals surface area contributed by atoms with Gasteiger partial charge in [0.1, 0.15) is 0 Å². The molecule has 1 atom stereocenters. The fraction of sp³-hybridized carbons (Fsp3) is 0.250. The molecule has 1 aromatic heterocycles. The van der Waals surface area contributed by atoms with Crippen molar-refractivity contribution in [1.29, 1.82) is 0 Å². The van der Waals surface area contributed by atoms with Crippen molar-refractivity contribution in [3.8, 4) is 0 Å². The topological polar surface area (TPSA) is 59.1 Å². The van der Waals surface area contributed by atoms with E-state index in [2.05, 4.69) is 4.98 Å². The van der Waals surface area contributed by atoms with Crippen LogP contribution in [0.4, 0.5) is 5.69 Å². The predicted octanol–water partition coefficient (Wildman–Crippen LogP) is 2.75. The number of thioether (sulfide) groups is 1. The van der Waals surface area contributed by atoms with Crippen molar-refractivity contribution in [3.63, 3.8) is 0 Å². The lowest BCUT2D eigenvalue weighted by Crippen LogP contribution is -2.14. The third-order valence-electron chi connectivity index (χ3n) is 2.97. The minimum atomic E-state index is -0.528. The first-order chi connectivity index (χ1) is 8.18. The maximum Gasteiger partial charge on any atom is 0.0918 e. The zero-order valence-electron chi connectivity index (χ0n) is 8.98. The van der Waals surface area contributed by atoms with Crippen LogP contribution in [0.1, 0.15) is 17.4 Å². The highest BCUT2D eigenvalue weighted by Gasteiger charge is 2.24. The van der Waals surface area contributed by atoms with Crippen LogP contribution in [0.5, 0.6) is 0 Å². The van der Waals surface area contributed by atoms with Gasteiger partial charge in [-0.2, -0.15) is 11.8 Å². The Morgan fingerprint density at radius 3 is 3.12 bits per heavy atom. The molecule has 3 nitrogen and oxygen atoms in total. The van der Waals surface area contributed by atoms with E-state index in [4.69, 9.17) is 17.3 Å². The molecule has 0 saturated carbocycles. The minimum Gasteiger partial charge on any atom is -0.398 e. The summed E-state index contributed by atoms with van der Waals surface area (Å²) in [6, 6.07) is 5.53. The van der Waals surface area contributed by atoms with E-state index in [-0.39, 0.29) is 0 Å². The molecule has 88 valence electrons. The number of benzene rings is 1. The van der Waals surface area contributed by atoms with Crippen molar-refractivity contribution in [2.75, 3.05) is 11.5 Å². The number of nitrogens with two attached hydrogens (primary N) is 1. The molecule has 2 aromatic rings. The number of para-hydroxylation sites is 1. The van der Waals surface area contributed by atoms with Crippen LogP contribution in [0.3, 0.4) is 0 Å². The van der Waals surface area contributed by atoms with Gasteiger partial charge in [-0.05, 0) is 6.07 Å². The molecule has 0 amide bonds. The number of rotatable bonds is 0. The smallest absolute Gasteiger partial charge is 0.0918 e. The number of aliphatic hydroxyl groups excluding tert-OH is 1. The Morgan fingerprint density at radius 1 is 1.47 bits per heavy atom. The van der Waals surface area contributed by atoms with Crippen molar-refractivity contribution >= 4 is 40.0 Å². The number of hydrogen-bond donors (Lipinski definition) is 2. The summed E-state index contributed by atoms with van der Waals surface area (Å²) in [6.45, 7) is 0. The Hall–Kier alpha value is -0.970. The first kappa shape index (κ1) is 11.1. The van der Waals surface area contributed by atoms with Crippen molar-refractivity contribution in [2.45, 2.75) is 11.9 Å². The zero-order chi connectivity index (χ0) is 12.0. The monoisotopic (exact) mass is 266 g/mol. The largest absolute Gasteiger partial charge is 0.398 e. The summed E-state index contributed by atoms with van der Waals surface area (Å²) >= 11 is 7.78. The quantitative estimate of drug-likeness (QED) is 0.770. The second-order valence-electron chi connectivity index (χ2n) is 4.05. The molecule has 2 heterocycles. The number of aromatic nitrogens is 1. The lowest BCUT2D eigenvalue weighted by Gasteiger charge is -2.23. The number of aliphatic hydroxyl groups is 1. The average molecular weight is 267 g/mol. The normalized spacial score (nSPS) is 19.3. The van der Waals surface area contributed by atoms with Gasteiger partial charge in [0.05, 0.1) is 22.3 Å². The van der Waals surface area contributed by atoms with E-state index in [1.807, 2.05) is 12.1 Å². The van der Waals surface area contributed by atoms with Crippen LogP contribution in [0.15, 0.2) is 18.2 Å². The van der Waals surface area contributed by atoms with E-state index in [1.165, 1.54) is 0 Å². The Kier molecular flexibility index (Phi) is 2.65. The lowest BCUT2D eigenvalue weighted by atomic mass is 10.0. The molecule has 3 N–H and O–H groups in total. The predicted molar refractivity (Wildman–Crippen MR) is 72.3 cm³/mol. The molecule has 1 aliphatic heterocycles. The maximum absolute atomic E-state index is 10.00. The fourth-order valence-electron chi connectivity index (χ4n) is 2.17. The molecule has 0 radical (unpaired) electrons. The molecule has 0 bridgehead atoms. The summed E-state index contributed by atoms with van der Waals surface area (Å²) in [5, 5.41) is 11.4. The number of anilines is 1. The Morgan fingerprint density at radius 2 is 2.29 bits per heavy atom. The number of nitrogens with zero attached hydrogens (tertiary/aromatic N) is 1. The SMILES string of the molecule is Nc1c2c(nc3c(Cl)cccc13)CSCC2O. The van der Waals surface area contributed by atoms with Gasteiger partial charge in [0.25, 0.3) is 0 Å². The van der Waals surface area contributed by atoms with Gasteiger partial charge in [0.15, 0.2) is 0 Å². The second-order valence-corrected chi connectivity index (χ2v) is 5.49. The van der Waals surface area contributed by atoms with Gasteiger partial charge in [0.2, 0.25) is 0 Å². The van der Waals surface area contributed by atoms with Gasteiger partial charge in [-0.3, -0.25) is 0 Å². The van der Waals surface area contributed by atoms with E-state index in [9.17, 15) is 5.11 Å². The van der Waals surface area contributed by atoms with Crippen LogP contribution in [0, 0.1) is 0 Å². The Bertz CT molecular complexity index is 603. The summed E-state index contributed by atoms with van der Waals surface area (Å²) in [4.78, 5) is 4.53. The van der Waals surface area contributed by atoms with Gasteiger partial charge in [-0.1, -0.05) is 23.7 Å². The molecule has 1 aromatic carbocycles. The van der Waals surface area contributed by atoms with Crippen LogP contribution in [-0.2, 0) is 5.75 Å². The number of fused-ring (bicyclic) bond motifs is 2. The van der Waals surface area contributed by atoms with E-state index in [1.54, 1.807) is 17.8 Å². The summed E-state index contributed by atoms with van der Waals surface area (Å²) in [5.74, 6) is 1.45.